The van der Waals surface area contributed by atoms with Gasteiger partial charge in [0.25, 0.3) is 5.91 Å². The second kappa shape index (κ2) is 4.92. The number of amides is 1. The first-order valence-corrected chi connectivity index (χ1v) is 4.85. The monoisotopic (exact) mass is 214 g/mol. The molecule has 1 amide bonds. The maximum atomic E-state index is 10.7. The minimum Gasteiger partial charge on any atom is -0.383 e. The molecule has 0 bridgehead atoms. The van der Waals surface area contributed by atoms with Crippen molar-refractivity contribution < 1.29 is 9.53 Å². The van der Waals surface area contributed by atoms with Gasteiger partial charge in [-0.2, -0.15) is 0 Å². The van der Waals surface area contributed by atoms with Gasteiger partial charge in [0, 0.05) is 20.7 Å². The number of hydrogen-bond donors (Lipinski definition) is 1. The molecule has 0 unspecified atom stereocenters. The molecule has 1 radical (unpaired) electrons. The summed E-state index contributed by atoms with van der Waals surface area (Å²) < 4.78 is 4.92. The molecule has 0 aliphatic heterocycles. The maximum Gasteiger partial charge on any atom is 0.268 e. The highest BCUT2D eigenvalue weighted by Crippen LogP contribution is 2.17. The quantitative estimate of drug-likeness (QED) is 0.756. The van der Waals surface area contributed by atoms with Crippen LogP contribution in [0.3, 0.4) is 0 Å². The SMILES string of the molecule is COCCN(C)c1nc(C(N)=O)[c]s1. The predicted octanol–water partition coefficient (Wildman–Crippen LogP) is 0.125. The molecule has 77 valence electrons. The van der Waals surface area contributed by atoms with Crippen molar-refractivity contribution in [2.45, 2.75) is 0 Å². The van der Waals surface area contributed by atoms with E-state index in [1.807, 2.05) is 11.9 Å². The van der Waals surface area contributed by atoms with Gasteiger partial charge < -0.3 is 15.4 Å². The number of primary amides is 1. The minimum atomic E-state index is -0.548. The first-order valence-electron chi connectivity index (χ1n) is 4.03. The first kappa shape index (κ1) is 10.9. The summed E-state index contributed by atoms with van der Waals surface area (Å²) in [5, 5.41) is 3.45. The Balaban J connectivity index is 2.61. The second-order valence-electron chi connectivity index (χ2n) is 2.73. The number of thiazole rings is 1. The number of ether oxygens (including phenoxy) is 1. The van der Waals surface area contributed by atoms with Gasteiger partial charge in [-0.05, 0) is 0 Å². The highest BCUT2D eigenvalue weighted by Gasteiger charge is 2.10. The Morgan fingerprint density at radius 3 is 3.00 bits per heavy atom. The second-order valence-corrected chi connectivity index (χ2v) is 3.50. The molecule has 2 N–H and O–H groups in total. The minimum absolute atomic E-state index is 0.189. The summed E-state index contributed by atoms with van der Waals surface area (Å²) in [5.74, 6) is -0.548. The molecule has 1 heterocycles. The van der Waals surface area contributed by atoms with E-state index in [1.54, 1.807) is 7.11 Å². The average Bonchev–Trinajstić information content (AvgIpc) is 2.62. The van der Waals surface area contributed by atoms with E-state index in [0.717, 1.165) is 11.7 Å². The lowest BCUT2D eigenvalue weighted by atomic mass is 10.5. The predicted molar refractivity (Wildman–Crippen MR) is 54.6 cm³/mol. The van der Waals surface area contributed by atoms with Crippen LogP contribution in [0, 0.1) is 5.38 Å². The Labute approximate surface area is 86.5 Å². The highest BCUT2D eigenvalue weighted by atomic mass is 32.1. The molecule has 0 aliphatic carbocycles. The fourth-order valence-electron chi connectivity index (χ4n) is 0.828. The van der Waals surface area contributed by atoms with Gasteiger partial charge in [0.15, 0.2) is 5.13 Å². The van der Waals surface area contributed by atoms with Gasteiger partial charge in [-0.25, -0.2) is 4.98 Å². The molecule has 6 heteroatoms. The Hall–Kier alpha value is -1.14. The number of methoxy groups -OCH3 is 1. The van der Waals surface area contributed by atoms with Crippen molar-refractivity contribution >= 4 is 22.4 Å². The Morgan fingerprint density at radius 1 is 1.79 bits per heavy atom. The number of carbonyl (C=O) groups is 1. The molecule has 0 aromatic carbocycles. The van der Waals surface area contributed by atoms with Crippen LogP contribution in [0.2, 0.25) is 0 Å². The Bertz CT molecular complexity index is 313. The summed E-state index contributed by atoms with van der Waals surface area (Å²) in [6, 6.07) is 0. The Morgan fingerprint density at radius 2 is 2.50 bits per heavy atom. The topological polar surface area (TPSA) is 68.4 Å². The smallest absolute Gasteiger partial charge is 0.268 e. The van der Waals surface area contributed by atoms with Crippen LogP contribution in [0.15, 0.2) is 0 Å². The van der Waals surface area contributed by atoms with Gasteiger partial charge in [0.1, 0.15) is 5.69 Å². The van der Waals surface area contributed by atoms with Gasteiger partial charge >= 0.3 is 0 Å². The standard InChI is InChI=1S/C8H12N3O2S/c1-11(3-4-13-2)8-10-6(5-14-8)7(9)12/h3-4H2,1-2H3,(H2,9,12). The number of anilines is 1. The maximum absolute atomic E-state index is 10.7. The molecule has 0 spiro atoms. The zero-order valence-electron chi connectivity index (χ0n) is 8.11. The summed E-state index contributed by atoms with van der Waals surface area (Å²) in [6.07, 6.45) is 0. The van der Waals surface area contributed by atoms with Crippen molar-refractivity contribution in [3.05, 3.63) is 11.1 Å². The van der Waals surface area contributed by atoms with Gasteiger partial charge in [-0.1, -0.05) is 11.3 Å². The molecule has 0 saturated carbocycles. The van der Waals surface area contributed by atoms with E-state index in [-0.39, 0.29) is 5.69 Å². The third-order valence-corrected chi connectivity index (χ3v) is 2.52. The molecule has 5 nitrogen and oxygen atoms in total. The number of carbonyl (C=O) groups excluding carboxylic acids is 1. The van der Waals surface area contributed by atoms with Crippen LogP contribution in [0.5, 0.6) is 0 Å². The van der Waals surface area contributed by atoms with Gasteiger partial charge in [0.2, 0.25) is 0 Å². The normalized spacial score (nSPS) is 10.1. The summed E-state index contributed by atoms with van der Waals surface area (Å²) in [7, 11) is 3.51. The van der Waals surface area contributed by atoms with Crippen LogP contribution in [0.25, 0.3) is 0 Å². The van der Waals surface area contributed by atoms with Crippen molar-refractivity contribution in [1.29, 1.82) is 0 Å². The zero-order chi connectivity index (χ0) is 10.6. The van der Waals surface area contributed by atoms with Crippen LogP contribution in [0.1, 0.15) is 10.5 Å². The third kappa shape index (κ3) is 2.68. The number of nitrogens with zero attached hydrogens (tertiary/aromatic N) is 2. The fraction of sp³-hybridized carbons (Fsp3) is 0.500. The number of aromatic nitrogens is 1. The van der Waals surface area contributed by atoms with Gasteiger partial charge in [-0.3, -0.25) is 4.79 Å². The third-order valence-electron chi connectivity index (χ3n) is 1.64. The van der Waals surface area contributed by atoms with E-state index in [4.69, 9.17) is 10.5 Å². The van der Waals surface area contributed by atoms with E-state index in [1.165, 1.54) is 11.3 Å². The molecular formula is C8H12N3O2S. The van der Waals surface area contributed by atoms with Crippen LogP contribution in [0.4, 0.5) is 5.13 Å². The van der Waals surface area contributed by atoms with Crippen LogP contribution in [-0.4, -0.2) is 38.2 Å². The van der Waals surface area contributed by atoms with Crippen molar-refractivity contribution in [3.8, 4) is 0 Å². The molecule has 0 fully saturated rings. The lowest BCUT2D eigenvalue weighted by Gasteiger charge is -2.14. The zero-order valence-corrected chi connectivity index (χ0v) is 8.93. The van der Waals surface area contributed by atoms with Crippen molar-refractivity contribution in [2.24, 2.45) is 5.73 Å². The van der Waals surface area contributed by atoms with Gasteiger partial charge in [-0.15, -0.1) is 0 Å². The summed E-state index contributed by atoms with van der Waals surface area (Å²) in [4.78, 5) is 16.7. The molecule has 14 heavy (non-hydrogen) atoms. The van der Waals surface area contributed by atoms with Crippen molar-refractivity contribution in [1.82, 2.24) is 4.98 Å². The van der Waals surface area contributed by atoms with Crippen molar-refractivity contribution in [2.75, 3.05) is 32.2 Å². The largest absolute Gasteiger partial charge is 0.383 e. The summed E-state index contributed by atoms with van der Waals surface area (Å²) >= 11 is 1.27. The van der Waals surface area contributed by atoms with Gasteiger partial charge in [0.05, 0.1) is 12.0 Å². The molecule has 0 saturated heterocycles. The molecule has 1 rings (SSSR count). The number of likely N-dealkylation sites (N-methyl/N-ethyl adjacent to an activating group) is 1. The molecule has 1 aromatic rings. The van der Waals surface area contributed by atoms with E-state index in [9.17, 15) is 4.79 Å². The Kier molecular flexibility index (Phi) is 3.84. The van der Waals surface area contributed by atoms with E-state index >= 15 is 0 Å². The number of nitrogens with two attached hydrogens (primary N) is 1. The molecule has 0 aliphatic rings. The summed E-state index contributed by atoms with van der Waals surface area (Å²) in [5.41, 5.74) is 5.25. The lowest BCUT2D eigenvalue weighted by Crippen LogP contribution is -2.22. The number of hydrogen-bond acceptors (Lipinski definition) is 5. The summed E-state index contributed by atoms with van der Waals surface area (Å²) in [6.45, 7) is 1.33. The van der Waals surface area contributed by atoms with E-state index in [2.05, 4.69) is 10.4 Å². The van der Waals surface area contributed by atoms with Crippen LogP contribution >= 0.6 is 11.3 Å². The molecular weight excluding hydrogens is 202 g/mol. The fourth-order valence-corrected chi connectivity index (χ4v) is 1.55. The van der Waals surface area contributed by atoms with E-state index in [0.29, 0.717) is 6.61 Å². The first-order chi connectivity index (χ1) is 6.65. The molecule has 0 atom stereocenters. The number of rotatable bonds is 5. The van der Waals surface area contributed by atoms with Crippen molar-refractivity contribution in [3.63, 3.8) is 0 Å². The lowest BCUT2D eigenvalue weighted by molar-refractivity contribution is 0.0996. The van der Waals surface area contributed by atoms with E-state index < -0.39 is 5.91 Å². The van der Waals surface area contributed by atoms with Crippen LogP contribution < -0.4 is 10.6 Å². The average molecular weight is 214 g/mol. The molecule has 1 aromatic heterocycles. The van der Waals surface area contributed by atoms with Crippen LogP contribution in [-0.2, 0) is 4.74 Å². The highest BCUT2D eigenvalue weighted by molar-refractivity contribution is 7.13.